The summed E-state index contributed by atoms with van der Waals surface area (Å²) in [6, 6.07) is 19.3. The molecule has 0 spiro atoms. The van der Waals surface area contributed by atoms with Gasteiger partial charge in [0.05, 0.1) is 6.54 Å². The smallest absolute Gasteiger partial charge is 0.239 e. The molecular formula is C22H22N4O2. The van der Waals surface area contributed by atoms with E-state index < -0.39 is 5.92 Å². The van der Waals surface area contributed by atoms with Gasteiger partial charge in [0.1, 0.15) is 5.92 Å². The summed E-state index contributed by atoms with van der Waals surface area (Å²) in [6.45, 7) is 1.60. The number of amides is 2. The molecular weight excluding hydrogens is 352 g/mol. The van der Waals surface area contributed by atoms with Gasteiger partial charge in [0, 0.05) is 31.2 Å². The molecule has 6 heteroatoms. The van der Waals surface area contributed by atoms with Gasteiger partial charge in [-0.15, -0.1) is 0 Å². The van der Waals surface area contributed by atoms with Gasteiger partial charge in [-0.1, -0.05) is 42.5 Å². The van der Waals surface area contributed by atoms with Crippen molar-refractivity contribution >= 4 is 17.5 Å². The van der Waals surface area contributed by atoms with Crippen LogP contribution in [0.5, 0.6) is 0 Å². The van der Waals surface area contributed by atoms with Crippen LogP contribution in [0.3, 0.4) is 0 Å². The van der Waals surface area contributed by atoms with Crippen molar-refractivity contribution in [1.29, 1.82) is 0 Å². The summed E-state index contributed by atoms with van der Waals surface area (Å²) < 4.78 is 1.85. The molecule has 0 saturated carbocycles. The zero-order valence-corrected chi connectivity index (χ0v) is 15.5. The van der Waals surface area contributed by atoms with Crippen LogP contribution in [0.15, 0.2) is 73.1 Å². The first kappa shape index (κ1) is 18.0. The van der Waals surface area contributed by atoms with Crippen LogP contribution in [0.2, 0.25) is 0 Å². The van der Waals surface area contributed by atoms with Crippen molar-refractivity contribution in [3.8, 4) is 0 Å². The molecule has 0 bridgehead atoms. The molecule has 1 N–H and O–H groups in total. The molecule has 2 aromatic carbocycles. The number of anilines is 1. The Morgan fingerprint density at radius 3 is 2.54 bits per heavy atom. The lowest BCUT2D eigenvalue weighted by Crippen LogP contribution is -2.36. The Bertz CT molecular complexity index is 954. The first-order valence-corrected chi connectivity index (χ1v) is 9.41. The minimum atomic E-state index is -0.626. The summed E-state index contributed by atoms with van der Waals surface area (Å²) in [5.74, 6) is -0.968. The van der Waals surface area contributed by atoms with Gasteiger partial charge in [0.25, 0.3) is 0 Å². The van der Waals surface area contributed by atoms with Crippen LogP contribution >= 0.6 is 0 Å². The van der Waals surface area contributed by atoms with E-state index in [2.05, 4.69) is 10.4 Å². The third-order valence-corrected chi connectivity index (χ3v) is 5.05. The SMILES string of the molecule is O=C(NCc1ccccc1Cn1cccn1)C1CCN(c2ccccc2)C1=O. The van der Waals surface area contributed by atoms with Gasteiger partial charge in [-0.05, 0) is 35.7 Å². The standard InChI is InChI=1S/C22H22N4O2/c27-21(20-11-14-26(22(20)28)19-9-2-1-3-10-19)23-15-17-7-4-5-8-18(17)16-25-13-6-12-24-25/h1-10,12-13,20H,11,14-16H2,(H,23,27). The van der Waals surface area contributed by atoms with E-state index in [9.17, 15) is 9.59 Å². The van der Waals surface area contributed by atoms with Crippen LogP contribution < -0.4 is 10.2 Å². The molecule has 2 amide bonds. The van der Waals surface area contributed by atoms with Crippen LogP contribution in [-0.4, -0.2) is 28.1 Å². The summed E-state index contributed by atoms with van der Waals surface area (Å²) in [4.78, 5) is 27.0. The second-order valence-electron chi connectivity index (χ2n) is 6.86. The third-order valence-electron chi connectivity index (χ3n) is 5.05. The van der Waals surface area contributed by atoms with Gasteiger partial charge in [0.15, 0.2) is 0 Å². The van der Waals surface area contributed by atoms with E-state index in [-0.39, 0.29) is 11.8 Å². The van der Waals surface area contributed by atoms with E-state index in [1.807, 2.05) is 71.5 Å². The van der Waals surface area contributed by atoms with E-state index in [0.29, 0.717) is 26.1 Å². The Balaban J connectivity index is 1.39. The molecule has 1 atom stereocenters. The average Bonchev–Trinajstić information content (AvgIpc) is 3.37. The minimum absolute atomic E-state index is 0.131. The molecule has 28 heavy (non-hydrogen) atoms. The largest absolute Gasteiger partial charge is 0.351 e. The second kappa shape index (κ2) is 8.08. The van der Waals surface area contributed by atoms with Gasteiger partial charge in [-0.2, -0.15) is 5.10 Å². The highest BCUT2D eigenvalue weighted by molar-refractivity contribution is 6.09. The first-order valence-electron chi connectivity index (χ1n) is 9.41. The van der Waals surface area contributed by atoms with Crippen LogP contribution in [0.25, 0.3) is 0 Å². The molecule has 4 rings (SSSR count). The number of rotatable bonds is 6. The molecule has 1 fully saturated rings. The topological polar surface area (TPSA) is 67.2 Å². The Hall–Kier alpha value is -3.41. The van der Waals surface area contributed by atoms with Gasteiger partial charge >= 0.3 is 0 Å². The predicted molar refractivity (Wildman–Crippen MR) is 107 cm³/mol. The monoisotopic (exact) mass is 374 g/mol. The maximum atomic E-state index is 12.7. The van der Waals surface area contributed by atoms with E-state index in [0.717, 1.165) is 16.8 Å². The minimum Gasteiger partial charge on any atom is -0.351 e. The number of aromatic nitrogens is 2. The lowest BCUT2D eigenvalue weighted by molar-refractivity contribution is -0.132. The molecule has 1 saturated heterocycles. The number of para-hydroxylation sites is 1. The quantitative estimate of drug-likeness (QED) is 0.675. The second-order valence-corrected chi connectivity index (χ2v) is 6.86. The van der Waals surface area contributed by atoms with Crippen molar-refractivity contribution in [1.82, 2.24) is 15.1 Å². The normalized spacial score (nSPS) is 16.4. The fraction of sp³-hybridized carbons (Fsp3) is 0.227. The molecule has 0 aliphatic carbocycles. The summed E-state index contributed by atoms with van der Waals surface area (Å²) in [6.07, 6.45) is 4.19. The molecule has 1 aromatic heterocycles. The highest BCUT2D eigenvalue weighted by Crippen LogP contribution is 2.25. The Morgan fingerprint density at radius 2 is 1.79 bits per heavy atom. The Kier molecular flexibility index (Phi) is 5.19. The van der Waals surface area contributed by atoms with E-state index in [1.165, 1.54) is 0 Å². The molecule has 2 heterocycles. The van der Waals surface area contributed by atoms with Gasteiger partial charge in [0.2, 0.25) is 11.8 Å². The first-order chi connectivity index (χ1) is 13.7. The highest BCUT2D eigenvalue weighted by atomic mass is 16.2. The number of carbonyl (C=O) groups is 2. The molecule has 6 nitrogen and oxygen atoms in total. The number of carbonyl (C=O) groups excluding carboxylic acids is 2. The van der Waals surface area contributed by atoms with Crippen LogP contribution in [0, 0.1) is 5.92 Å². The Labute approximate surface area is 163 Å². The number of hydrogen-bond donors (Lipinski definition) is 1. The van der Waals surface area contributed by atoms with Crippen molar-refractivity contribution in [2.45, 2.75) is 19.5 Å². The summed E-state index contributed by atoms with van der Waals surface area (Å²) in [5, 5.41) is 7.18. The van der Waals surface area contributed by atoms with Crippen molar-refractivity contribution in [3.05, 3.63) is 84.2 Å². The van der Waals surface area contributed by atoms with Crippen molar-refractivity contribution in [2.75, 3.05) is 11.4 Å². The summed E-state index contributed by atoms with van der Waals surface area (Å²) >= 11 is 0. The van der Waals surface area contributed by atoms with Crippen molar-refractivity contribution < 1.29 is 9.59 Å². The number of nitrogens with zero attached hydrogens (tertiary/aromatic N) is 3. The summed E-state index contributed by atoms with van der Waals surface area (Å²) in [7, 11) is 0. The van der Waals surface area contributed by atoms with Gasteiger partial charge < -0.3 is 10.2 Å². The predicted octanol–water partition coefficient (Wildman–Crippen LogP) is 2.60. The molecule has 1 aliphatic heterocycles. The van der Waals surface area contributed by atoms with Crippen LogP contribution in [-0.2, 0) is 22.7 Å². The van der Waals surface area contributed by atoms with E-state index >= 15 is 0 Å². The highest BCUT2D eigenvalue weighted by Gasteiger charge is 2.37. The number of hydrogen-bond acceptors (Lipinski definition) is 3. The number of nitrogens with one attached hydrogen (secondary N) is 1. The fourth-order valence-electron chi connectivity index (χ4n) is 3.55. The lowest BCUT2D eigenvalue weighted by Gasteiger charge is -2.17. The Morgan fingerprint density at radius 1 is 1.04 bits per heavy atom. The molecule has 1 aliphatic rings. The zero-order chi connectivity index (χ0) is 19.3. The average molecular weight is 374 g/mol. The molecule has 0 radical (unpaired) electrons. The van der Waals surface area contributed by atoms with Crippen molar-refractivity contribution in [2.24, 2.45) is 5.92 Å². The molecule has 3 aromatic rings. The zero-order valence-electron chi connectivity index (χ0n) is 15.5. The molecule has 1 unspecified atom stereocenters. The van der Waals surface area contributed by atoms with Gasteiger partial charge in [-0.25, -0.2) is 0 Å². The van der Waals surface area contributed by atoms with E-state index in [4.69, 9.17) is 0 Å². The lowest BCUT2D eigenvalue weighted by atomic mass is 10.1. The molecule has 142 valence electrons. The van der Waals surface area contributed by atoms with Crippen LogP contribution in [0.4, 0.5) is 5.69 Å². The fourth-order valence-corrected chi connectivity index (χ4v) is 3.55. The van der Waals surface area contributed by atoms with Crippen molar-refractivity contribution in [3.63, 3.8) is 0 Å². The third kappa shape index (κ3) is 3.81. The van der Waals surface area contributed by atoms with E-state index in [1.54, 1.807) is 11.1 Å². The number of benzene rings is 2. The summed E-state index contributed by atoms with van der Waals surface area (Å²) in [5.41, 5.74) is 2.96. The van der Waals surface area contributed by atoms with Crippen LogP contribution in [0.1, 0.15) is 17.5 Å². The maximum Gasteiger partial charge on any atom is 0.239 e. The van der Waals surface area contributed by atoms with Gasteiger partial charge in [-0.3, -0.25) is 14.3 Å². The maximum absolute atomic E-state index is 12.7.